The van der Waals surface area contributed by atoms with Gasteiger partial charge in [0, 0.05) is 23.2 Å². The van der Waals surface area contributed by atoms with Gasteiger partial charge in [-0.3, -0.25) is 0 Å². The van der Waals surface area contributed by atoms with E-state index in [1.54, 1.807) is 11.3 Å². The van der Waals surface area contributed by atoms with Crippen LogP contribution >= 0.6 is 23.1 Å². The lowest BCUT2D eigenvalue weighted by molar-refractivity contribution is 0.900. The number of aryl methyl sites for hydroxylation is 1. The lowest BCUT2D eigenvalue weighted by atomic mass is 10.3. The predicted octanol–water partition coefficient (Wildman–Crippen LogP) is 4.38. The van der Waals surface area contributed by atoms with Gasteiger partial charge in [0.15, 0.2) is 0 Å². The van der Waals surface area contributed by atoms with Crippen LogP contribution in [0.25, 0.3) is 10.2 Å². The summed E-state index contributed by atoms with van der Waals surface area (Å²) < 4.78 is 0. The second kappa shape index (κ2) is 7.84. The first-order chi connectivity index (χ1) is 10.1. The van der Waals surface area contributed by atoms with Crippen LogP contribution in [0.15, 0.2) is 6.07 Å². The summed E-state index contributed by atoms with van der Waals surface area (Å²) in [6.45, 7) is 9.55. The Labute approximate surface area is 135 Å². The SMILES string of the molecule is CCCNc1nc(NC(C)CSCC)c2cc(C)sc2n1. The van der Waals surface area contributed by atoms with Gasteiger partial charge in [0.1, 0.15) is 10.6 Å². The zero-order chi connectivity index (χ0) is 15.2. The van der Waals surface area contributed by atoms with E-state index in [9.17, 15) is 0 Å². The second-order valence-corrected chi connectivity index (χ2v) is 7.66. The summed E-state index contributed by atoms with van der Waals surface area (Å²) in [5.41, 5.74) is 0. The van der Waals surface area contributed by atoms with Gasteiger partial charge in [-0.15, -0.1) is 11.3 Å². The van der Waals surface area contributed by atoms with E-state index in [1.807, 2.05) is 11.8 Å². The fourth-order valence-corrected chi connectivity index (χ4v) is 3.59. The average Bonchev–Trinajstić information content (AvgIpc) is 2.83. The quantitative estimate of drug-likeness (QED) is 0.755. The maximum absolute atomic E-state index is 4.66. The number of thioether (sulfide) groups is 1. The topological polar surface area (TPSA) is 49.8 Å². The van der Waals surface area contributed by atoms with Crippen LogP contribution in [0.1, 0.15) is 32.1 Å². The number of rotatable bonds is 8. The summed E-state index contributed by atoms with van der Waals surface area (Å²) in [7, 11) is 0. The molecule has 2 rings (SSSR count). The summed E-state index contributed by atoms with van der Waals surface area (Å²) in [5, 5.41) is 7.97. The molecule has 0 radical (unpaired) electrons. The third-order valence-electron chi connectivity index (χ3n) is 3.00. The fraction of sp³-hybridized carbons (Fsp3) is 0.600. The maximum atomic E-state index is 4.66. The average molecular weight is 325 g/mol. The number of fused-ring (bicyclic) bond motifs is 1. The van der Waals surface area contributed by atoms with Gasteiger partial charge in [-0.2, -0.15) is 16.7 Å². The smallest absolute Gasteiger partial charge is 0.226 e. The van der Waals surface area contributed by atoms with Gasteiger partial charge < -0.3 is 10.6 Å². The Morgan fingerprint density at radius 3 is 2.86 bits per heavy atom. The Bertz CT molecular complexity index is 582. The van der Waals surface area contributed by atoms with Crippen LogP contribution in [-0.4, -0.2) is 34.1 Å². The van der Waals surface area contributed by atoms with E-state index in [0.29, 0.717) is 6.04 Å². The molecule has 0 aliphatic heterocycles. The van der Waals surface area contributed by atoms with Gasteiger partial charge in [-0.1, -0.05) is 13.8 Å². The molecule has 2 aromatic heterocycles. The minimum absolute atomic E-state index is 0.396. The first-order valence-corrected chi connectivity index (χ1v) is 9.47. The number of aromatic nitrogens is 2. The predicted molar refractivity (Wildman–Crippen MR) is 97.0 cm³/mol. The van der Waals surface area contributed by atoms with Crippen LogP contribution < -0.4 is 10.6 Å². The van der Waals surface area contributed by atoms with E-state index >= 15 is 0 Å². The monoisotopic (exact) mass is 324 g/mol. The summed E-state index contributed by atoms with van der Waals surface area (Å²) in [6.07, 6.45) is 1.07. The molecule has 0 spiro atoms. The van der Waals surface area contributed by atoms with Crippen LogP contribution in [0.2, 0.25) is 0 Å². The van der Waals surface area contributed by atoms with Crippen molar-refractivity contribution in [3.63, 3.8) is 0 Å². The number of hydrogen-bond donors (Lipinski definition) is 2. The second-order valence-electron chi connectivity index (χ2n) is 5.10. The number of nitrogens with zero attached hydrogens (tertiary/aromatic N) is 2. The van der Waals surface area contributed by atoms with Crippen molar-refractivity contribution in [2.75, 3.05) is 28.7 Å². The molecule has 2 N–H and O–H groups in total. The maximum Gasteiger partial charge on any atom is 0.226 e. The molecule has 0 fully saturated rings. The Kier molecular flexibility index (Phi) is 6.11. The van der Waals surface area contributed by atoms with Gasteiger partial charge in [-0.25, -0.2) is 4.98 Å². The minimum atomic E-state index is 0.396. The zero-order valence-electron chi connectivity index (χ0n) is 13.2. The molecule has 21 heavy (non-hydrogen) atoms. The zero-order valence-corrected chi connectivity index (χ0v) is 14.8. The van der Waals surface area contributed by atoms with Crippen molar-refractivity contribution in [2.24, 2.45) is 0 Å². The standard InChI is InChI=1S/C15H24N4S2/c1-5-7-16-15-18-13(17-10(3)9-20-6-2)12-8-11(4)21-14(12)19-15/h8,10H,5-7,9H2,1-4H3,(H2,16,17,18,19). The lowest BCUT2D eigenvalue weighted by Gasteiger charge is -2.15. The summed E-state index contributed by atoms with van der Waals surface area (Å²) >= 11 is 3.67. The van der Waals surface area contributed by atoms with E-state index in [2.05, 4.69) is 54.4 Å². The first kappa shape index (κ1) is 16.4. The molecule has 116 valence electrons. The van der Waals surface area contributed by atoms with Crippen molar-refractivity contribution in [1.29, 1.82) is 0 Å². The summed E-state index contributed by atoms with van der Waals surface area (Å²) in [4.78, 5) is 11.6. The molecule has 2 heterocycles. The van der Waals surface area contributed by atoms with Crippen LogP contribution in [0, 0.1) is 6.92 Å². The van der Waals surface area contributed by atoms with Crippen molar-refractivity contribution < 1.29 is 0 Å². The van der Waals surface area contributed by atoms with Crippen LogP contribution in [0.3, 0.4) is 0 Å². The van der Waals surface area contributed by atoms with Crippen molar-refractivity contribution in [1.82, 2.24) is 9.97 Å². The van der Waals surface area contributed by atoms with Gasteiger partial charge in [0.2, 0.25) is 5.95 Å². The van der Waals surface area contributed by atoms with Crippen molar-refractivity contribution in [3.8, 4) is 0 Å². The number of nitrogens with one attached hydrogen (secondary N) is 2. The Morgan fingerprint density at radius 1 is 1.33 bits per heavy atom. The van der Waals surface area contributed by atoms with Crippen LogP contribution in [-0.2, 0) is 0 Å². The van der Waals surface area contributed by atoms with Crippen molar-refractivity contribution in [2.45, 2.75) is 40.2 Å². The third-order valence-corrected chi connectivity index (χ3v) is 5.09. The van der Waals surface area contributed by atoms with Gasteiger partial charge in [0.05, 0.1) is 5.39 Å². The van der Waals surface area contributed by atoms with Crippen LogP contribution in [0.5, 0.6) is 0 Å². The number of hydrogen-bond acceptors (Lipinski definition) is 6. The highest BCUT2D eigenvalue weighted by molar-refractivity contribution is 7.99. The highest BCUT2D eigenvalue weighted by atomic mass is 32.2. The summed E-state index contributed by atoms with van der Waals surface area (Å²) in [6, 6.07) is 2.57. The molecule has 0 bridgehead atoms. The minimum Gasteiger partial charge on any atom is -0.366 e. The normalized spacial score (nSPS) is 12.6. The molecule has 0 amide bonds. The van der Waals surface area contributed by atoms with Crippen molar-refractivity contribution in [3.05, 3.63) is 10.9 Å². The lowest BCUT2D eigenvalue weighted by Crippen LogP contribution is -2.19. The molecule has 2 aromatic rings. The first-order valence-electron chi connectivity index (χ1n) is 7.50. The molecule has 0 saturated carbocycles. The Hall–Kier alpha value is -1.01. The molecule has 0 saturated heterocycles. The number of thiophene rings is 1. The summed E-state index contributed by atoms with van der Waals surface area (Å²) in [5.74, 6) is 3.91. The van der Waals surface area contributed by atoms with Crippen LogP contribution in [0.4, 0.5) is 11.8 Å². The molecule has 0 aliphatic carbocycles. The molecule has 0 aromatic carbocycles. The van der Waals surface area contributed by atoms with E-state index in [0.717, 1.165) is 46.5 Å². The van der Waals surface area contributed by atoms with E-state index in [1.165, 1.54) is 4.88 Å². The Morgan fingerprint density at radius 2 is 2.14 bits per heavy atom. The van der Waals surface area contributed by atoms with E-state index in [-0.39, 0.29) is 0 Å². The fourth-order valence-electron chi connectivity index (χ4n) is 2.04. The van der Waals surface area contributed by atoms with E-state index < -0.39 is 0 Å². The molecule has 0 aliphatic rings. The molecule has 1 unspecified atom stereocenters. The molecular weight excluding hydrogens is 300 g/mol. The largest absolute Gasteiger partial charge is 0.366 e. The van der Waals surface area contributed by atoms with Gasteiger partial charge >= 0.3 is 0 Å². The Balaban J connectivity index is 2.25. The highest BCUT2D eigenvalue weighted by Gasteiger charge is 2.12. The van der Waals surface area contributed by atoms with E-state index in [4.69, 9.17) is 0 Å². The molecular formula is C15H24N4S2. The molecule has 1 atom stereocenters. The van der Waals surface area contributed by atoms with Gasteiger partial charge in [0.25, 0.3) is 0 Å². The third kappa shape index (κ3) is 4.48. The molecule has 4 nitrogen and oxygen atoms in total. The number of anilines is 2. The highest BCUT2D eigenvalue weighted by Crippen LogP contribution is 2.30. The van der Waals surface area contributed by atoms with Gasteiger partial charge in [-0.05, 0) is 32.1 Å². The van der Waals surface area contributed by atoms with Crippen molar-refractivity contribution >= 4 is 45.1 Å². The molecule has 6 heteroatoms.